The molecule has 3 fully saturated rings. The Balaban J connectivity index is 1.50. The van der Waals surface area contributed by atoms with E-state index in [1.54, 1.807) is 18.7 Å². The number of Topliss-reactive ketones (excluding diaryl/α,β-unsaturated/α-hetero) is 1. The topological polar surface area (TPSA) is 180 Å². The van der Waals surface area contributed by atoms with Crippen LogP contribution in [0.5, 0.6) is 0 Å². The molecule has 1 saturated heterocycles. The molecule has 2 saturated carbocycles. The molecular formula is C32H47N7O6. The van der Waals surface area contributed by atoms with Crippen molar-refractivity contribution < 1.29 is 28.8 Å². The molecule has 4 N–H and O–H groups in total. The fourth-order valence-corrected chi connectivity index (χ4v) is 6.43. The SMILES string of the molecule is CCCC(NC(=O)[C@@H]1C2CCCC2CN1C(=O)[C@@H](NC(=O)[C@@H](NC(=O)c1cnccn1)C(C)C)C(C)C)C(=O)C(=O)NC1CC1. The Kier molecular flexibility index (Phi) is 11.3. The summed E-state index contributed by atoms with van der Waals surface area (Å²) in [6.45, 7) is 9.44. The summed E-state index contributed by atoms with van der Waals surface area (Å²) >= 11 is 0. The number of carbonyl (C=O) groups excluding carboxylic acids is 6. The number of hydrogen-bond acceptors (Lipinski definition) is 8. The summed E-state index contributed by atoms with van der Waals surface area (Å²) in [5, 5.41) is 11.1. The van der Waals surface area contributed by atoms with E-state index >= 15 is 0 Å². The largest absolute Gasteiger partial charge is 0.347 e. The van der Waals surface area contributed by atoms with Gasteiger partial charge in [-0.1, -0.05) is 47.5 Å². The van der Waals surface area contributed by atoms with Crippen LogP contribution in [0.1, 0.15) is 90.1 Å². The maximum atomic E-state index is 14.2. The molecule has 1 aliphatic heterocycles. The van der Waals surface area contributed by atoms with Crippen LogP contribution >= 0.6 is 0 Å². The van der Waals surface area contributed by atoms with Gasteiger partial charge in [0.05, 0.1) is 12.2 Å². The molecule has 45 heavy (non-hydrogen) atoms. The van der Waals surface area contributed by atoms with Crippen LogP contribution in [-0.4, -0.2) is 86.9 Å². The standard InChI is InChI=1S/C32H47N7O6/c1-6-8-22(27(40)31(44)35-20-11-12-20)36-30(43)26-21-10-7-9-19(21)16-39(26)32(45)25(18(4)5)38-29(42)24(17(2)3)37-28(41)23-15-33-13-14-34-23/h13-15,17-22,24-26H,6-12,16H2,1-5H3,(H,35,44)(H,36,43)(H,37,41)(H,38,42)/t19?,21?,22?,24-,25-,26-/m0/s1. The molecule has 0 radical (unpaired) electrons. The lowest BCUT2D eigenvalue weighted by Crippen LogP contribution is -2.60. The number of amides is 5. The third-order valence-electron chi connectivity index (χ3n) is 9.05. The third-order valence-corrected chi connectivity index (χ3v) is 9.05. The minimum atomic E-state index is -0.982. The average Bonchev–Trinajstić information content (AvgIpc) is 3.57. The second kappa shape index (κ2) is 14.9. The first-order valence-electron chi connectivity index (χ1n) is 16.3. The molecule has 6 atom stereocenters. The van der Waals surface area contributed by atoms with Crippen LogP contribution in [0, 0.1) is 23.7 Å². The van der Waals surface area contributed by atoms with Gasteiger partial charge in [0.2, 0.25) is 23.5 Å². The van der Waals surface area contributed by atoms with Crippen molar-refractivity contribution in [1.82, 2.24) is 36.1 Å². The van der Waals surface area contributed by atoms with E-state index < -0.39 is 53.6 Å². The van der Waals surface area contributed by atoms with Crippen LogP contribution in [-0.2, 0) is 24.0 Å². The molecule has 246 valence electrons. The van der Waals surface area contributed by atoms with Crippen molar-refractivity contribution in [3.8, 4) is 0 Å². The van der Waals surface area contributed by atoms with Gasteiger partial charge >= 0.3 is 0 Å². The van der Waals surface area contributed by atoms with E-state index in [9.17, 15) is 28.8 Å². The van der Waals surface area contributed by atoms with Crippen LogP contribution < -0.4 is 21.3 Å². The van der Waals surface area contributed by atoms with Gasteiger partial charge in [-0.05, 0) is 55.8 Å². The molecule has 3 unspecified atom stereocenters. The Morgan fingerprint density at radius 2 is 1.62 bits per heavy atom. The highest BCUT2D eigenvalue weighted by Crippen LogP contribution is 2.42. The Labute approximate surface area is 264 Å². The van der Waals surface area contributed by atoms with Crippen LogP contribution in [0.4, 0.5) is 0 Å². The summed E-state index contributed by atoms with van der Waals surface area (Å²) in [5.74, 6) is -3.87. The zero-order valence-corrected chi connectivity index (χ0v) is 26.9. The number of hydrogen-bond donors (Lipinski definition) is 4. The van der Waals surface area contributed by atoms with E-state index in [0.29, 0.717) is 19.4 Å². The Bertz CT molecular complexity index is 1270. The van der Waals surface area contributed by atoms with Gasteiger partial charge in [0, 0.05) is 25.0 Å². The van der Waals surface area contributed by atoms with E-state index in [1.165, 1.54) is 18.6 Å². The zero-order chi connectivity index (χ0) is 32.8. The molecule has 2 heterocycles. The Morgan fingerprint density at radius 1 is 0.911 bits per heavy atom. The van der Waals surface area contributed by atoms with Crippen molar-refractivity contribution in [2.75, 3.05) is 6.54 Å². The molecular weight excluding hydrogens is 578 g/mol. The van der Waals surface area contributed by atoms with Crippen LogP contribution in [0.2, 0.25) is 0 Å². The first kappa shape index (κ1) is 34.0. The first-order valence-corrected chi connectivity index (χ1v) is 16.3. The highest BCUT2D eigenvalue weighted by molar-refractivity contribution is 6.38. The monoisotopic (exact) mass is 625 g/mol. The second-order valence-electron chi connectivity index (χ2n) is 13.3. The van der Waals surface area contributed by atoms with Crippen molar-refractivity contribution >= 4 is 35.3 Å². The fourth-order valence-electron chi connectivity index (χ4n) is 6.43. The number of aromatic nitrogens is 2. The van der Waals surface area contributed by atoms with Crippen molar-refractivity contribution in [2.24, 2.45) is 23.7 Å². The number of nitrogens with zero attached hydrogens (tertiary/aromatic N) is 3. The Hall–Kier alpha value is -3.90. The molecule has 3 aliphatic rings. The van der Waals surface area contributed by atoms with Crippen LogP contribution in [0.3, 0.4) is 0 Å². The summed E-state index contributed by atoms with van der Waals surface area (Å²) in [5.41, 5.74) is 0.0646. The van der Waals surface area contributed by atoms with Gasteiger partial charge < -0.3 is 26.2 Å². The minimum absolute atomic E-state index is 0.0143. The number of carbonyl (C=O) groups is 6. The maximum Gasteiger partial charge on any atom is 0.289 e. The molecule has 0 spiro atoms. The lowest BCUT2D eigenvalue weighted by Gasteiger charge is -2.33. The van der Waals surface area contributed by atoms with E-state index in [4.69, 9.17) is 0 Å². The maximum absolute atomic E-state index is 14.2. The van der Waals surface area contributed by atoms with Crippen LogP contribution in [0.15, 0.2) is 18.6 Å². The van der Waals surface area contributed by atoms with Crippen molar-refractivity contribution in [3.63, 3.8) is 0 Å². The number of rotatable bonds is 14. The van der Waals surface area contributed by atoms with E-state index in [-0.39, 0.29) is 41.3 Å². The molecule has 0 aromatic carbocycles. The van der Waals surface area contributed by atoms with Gasteiger partial charge in [0.25, 0.3) is 11.8 Å². The number of ketones is 1. The lowest BCUT2D eigenvalue weighted by atomic mass is 9.92. The molecule has 13 nitrogen and oxygen atoms in total. The summed E-state index contributed by atoms with van der Waals surface area (Å²) in [6.07, 6.45) is 9.28. The molecule has 5 amide bonds. The first-order chi connectivity index (χ1) is 21.4. The minimum Gasteiger partial charge on any atom is -0.347 e. The van der Waals surface area contributed by atoms with Gasteiger partial charge in [0.1, 0.15) is 23.8 Å². The highest BCUT2D eigenvalue weighted by Gasteiger charge is 2.51. The molecule has 0 bridgehead atoms. The van der Waals surface area contributed by atoms with E-state index in [1.807, 2.05) is 20.8 Å². The fraction of sp³-hybridized carbons (Fsp3) is 0.688. The highest BCUT2D eigenvalue weighted by atomic mass is 16.2. The van der Waals surface area contributed by atoms with E-state index in [0.717, 1.165) is 32.1 Å². The lowest BCUT2D eigenvalue weighted by molar-refractivity contribution is -0.145. The average molecular weight is 626 g/mol. The van der Waals surface area contributed by atoms with Crippen molar-refractivity contribution in [3.05, 3.63) is 24.3 Å². The van der Waals surface area contributed by atoms with Crippen molar-refractivity contribution in [1.29, 1.82) is 0 Å². The predicted octanol–water partition coefficient (Wildman–Crippen LogP) is 1.13. The van der Waals surface area contributed by atoms with Gasteiger partial charge in [0.15, 0.2) is 0 Å². The number of fused-ring (bicyclic) bond motifs is 1. The normalized spacial score (nSPS) is 22.7. The van der Waals surface area contributed by atoms with Gasteiger partial charge in [-0.3, -0.25) is 33.8 Å². The summed E-state index contributed by atoms with van der Waals surface area (Å²) in [4.78, 5) is 89.4. The molecule has 1 aromatic heterocycles. The Morgan fingerprint density at radius 3 is 2.22 bits per heavy atom. The quantitative estimate of drug-likeness (QED) is 0.222. The van der Waals surface area contributed by atoms with Gasteiger partial charge in [-0.2, -0.15) is 0 Å². The third kappa shape index (κ3) is 8.23. The molecule has 4 rings (SSSR count). The zero-order valence-electron chi connectivity index (χ0n) is 26.9. The molecule has 2 aliphatic carbocycles. The van der Waals surface area contributed by atoms with Gasteiger partial charge in [-0.25, -0.2) is 4.98 Å². The molecule has 1 aromatic rings. The van der Waals surface area contributed by atoms with Crippen molar-refractivity contribution in [2.45, 2.75) is 110 Å². The number of likely N-dealkylation sites (tertiary alicyclic amines) is 1. The van der Waals surface area contributed by atoms with E-state index in [2.05, 4.69) is 31.2 Å². The summed E-state index contributed by atoms with van der Waals surface area (Å²) < 4.78 is 0. The summed E-state index contributed by atoms with van der Waals surface area (Å²) in [6, 6.07) is -3.70. The van der Waals surface area contributed by atoms with Crippen LogP contribution in [0.25, 0.3) is 0 Å². The predicted molar refractivity (Wildman–Crippen MR) is 164 cm³/mol. The molecule has 13 heteroatoms. The number of nitrogens with one attached hydrogen (secondary N) is 4. The van der Waals surface area contributed by atoms with Gasteiger partial charge in [-0.15, -0.1) is 0 Å². The summed E-state index contributed by atoms with van der Waals surface area (Å²) in [7, 11) is 0. The smallest absolute Gasteiger partial charge is 0.289 e. The second-order valence-corrected chi connectivity index (χ2v) is 13.3.